The fourth-order valence-corrected chi connectivity index (χ4v) is 3.78. The molecule has 0 amide bonds. The van der Waals surface area contributed by atoms with Crippen molar-refractivity contribution in [3.05, 3.63) is 65.5 Å². The van der Waals surface area contributed by atoms with Gasteiger partial charge >= 0.3 is 0 Å². The van der Waals surface area contributed by atoms with Crippen LogP contribution in [-0.2, 0) is 0 Å². The van der Waals surface area contributed by atoms with Crippen LogP contribution in [0.1, 0.15) is 58.7 Å². The maximum atomic E-state index is 5.78. The molecule has 1 aliphatic rings. The summed E-state index contributed by atoms with van der Waals surface area (Å²) in [4.78, 5) is 7.23. The van der Waals surface area contributed by atoms with Gasteiger partial charge in [-0.2, -0.15) is 0 Å². The van der Waals surface area contributed by atoms with Crippen LogP contribution in [0.3, 0.4) is 0 Å². The number of allylic oxidation sites excluding steroid dienone is 5. The van der Waals surface area contributed by atoms with Crippen molar-refractivity contribution in [3.63, 3.8) is 0 Å². The summed E-state index contributed by atoms with van der Waals surface area (Å²) in [5.74, 6) is 0.505. The van der Waals surface area contributed by atoms with E-state index in [1.54, 1.807) is 0 Å². The van der Waals surface area contributed by atoms with Crippen LogP contribution in [0.15, 0.2) is 59.8 Å². The molecule has 2 N–H and O–H groups in total. The smallest absolute Gasteiger partial charge is 0.0572 e. The topological polar surface area (TPSA) is 42.1 Å². The van der Waals surface area contributed by atoms with Crippen LogP contribution in [0, 0.1) is 5.92 Å². The first kappa shape index (κ1) is 20.6. The second kappa shape index (κ2) is 10.4. The normalized spacial score (nSPS) is 19.7. The van der Waals surface area contributed by atoms with Crippen LogP contribution in [0.4, 0.5) is 0 Å². The van der Waals surface area contributed by atoms with Gasteiger partial charge in [-0.3, -0.25) is 9.88 Å². The number of nitrogens with two attached hydrogens (primary N) is 1. The van der Waals surface area contributed by atoms with Crippen LogP contribution in [0.25, 0.3) is 0 Å². The van der Waals surface area contributed by atoms with E-state index in [0.29, 0.717) is 12.0 Å². The van der Waals surface area contributed by atoms with Gasteiger partial charge in [-0.15, -0.1) is 0 Å². The fraction of sp³-hybridized carbons (Fsp3) is 0.522. The molecule has 0 aliphatic heterocycles. The van der Waals surface area contributed by atoms with E-state index in [-0.39, 0.29) is 6.04 Å². The first-order valence-corrected chi connectivity index (χ1v) is 9.99. The van der Waals surface area contributed by atoms with Crippen LogP contribution in [-0.4, -0.2) is 29.0 Å². The van der Waals surface area contributed by atoms with Gasteiger partial charge in [-0.05, 0) is 70.2 Å². The molecule has 1 heterocycles. The molecule has 3 atom stereocenters. The largest absolute Gasteiger partial charge is 0.330 e. The molecule has 1 aromatic rings. The maximum absolute atomic E-state index is 5.78. The molecule has 0 bridgehead atoms. The van der Waals surface area contributed by atoms with E-state index in [1.807, 2.05) is 12.3 Å². The third-order valence-corrected chi connectivity index (χ3v) is 5.55. The minimum absolute atomic E-state index is 0.276. The summed E-state index contributed by atoms with van der Waals surface area (Å²) in [5.41, 5.74) is 9.84. The standard InChI is InChI=1S/C23H35N3/c1-5-21-13-7-6-11-18(2)22(21)17-26(19(3)12-10-15-24)20(4)23-14-8-9-16-25-23/h6-9,11,13-14,16,19-21H,5,10,12,15,17,24H2,1-4H3. The number of hydrogen-bond acceptors (Lipinski definition) is 3. The lowest BCUT2D eigenvalue weighted by Crippen LogP contribution is -2.38. The van der Waals surface area contributed by atoms with Gasteiger partial charge in [-0.1, -0.05) is 42.9 Å². The summed E-state index contributed by atoms with van der Waals surface area (Å²) in [7, 11) is 0. The lowest BCUT2D eigenvalue weighted by molar-refractivity contribution is 0.153. The highest BCUT2D eigenvalue weighted by atomic mass is 15.2. The maximum Gasteiger partial charge on any atom is 0.0572 e. The Kier molecular flexibility index (Phi) is 8.27. The molecule has 0 saturated heterocycles. The molecule has 3 heteroatoms. The van der Waals surface area contributed by atoms with E-state index in [1.165, 1.54) is 11.1 Å². The zero-order chi connectivity index (χ0) is 18.9. The van der Waals surface area contributed by atoms with Gasteiger partial charge in [0.25, 0.3) is 0 Å². The second-order valence-electron chi connectivity index (χ2n) is 7.35. The van der Waals surface area contributed by atoms with Gasteiger partial charge in [-0.25, -0.2) is 0 Å². The van der Waals surface area contributed by atoms with Crippen molar-refractivity contribution in [2.75, 3.05) is 13.1 Å². The summed E-state index contributed by atoms with van der Waals surface area (Å²) in [6.07, 6.45) is 14.1. The van der Waals surface area contributed by atoms with Crippen molar-refractivity contribution in [2.45, 2.75) is 59.0 Å². The van der Waals surface area contributed by atoms with Crippen molar-refractivity contribution in [3.8, 4) is 0 Å². The Bertz CT molecular complexity index is 630. The van der Waals surface area contributed by atoms with Crippen molar-refractivity contribution in [1.29, 1.82) is 0 Å². The molecule has 0 radical (unpaired) electrons. The molecule has 1 aliphatic carbocycles. The van der Waals surface area contributed by atoms with Gasteiger partial charge in [0, 0.05) is 24.8 Å². The molecule has 0 aromatic carbocycles. The van der Waals surface area contributed by atoms with E-state index >= 15 is 0 Å². The van der Waals surface area contributed by atoms with Gasteiger partial charge in [0.2, 0.25) is 0 Å². The minimum atomic E-state index is 0.276. The van der Waals surface area contributed by atoms with Crippen LogP contribution < -0.4 is 5.73 Å². The first-order valence-electron chi connectivity index (χ1n) is 9.99. The van der Waals surface area contributed by atoms with Crippen LogP contribution >= 0.6 is 0 Å². The SMILES string of the molecule is CCC1C=CC=CC(C)=C1CN(C(C)CCCN)C(C)c1ccccn1. The summed E-state index contributed by atoms with van der Waals surface area (Å²) in [5, 5.41) is 0. The quantitative estimate of drug-likeness (QED) is 0.676. The lowest BCUT2D eigenvalue weighted by Gasteiger charge is -2.36. The van der Waals surface area contributed by atoms with Crippen molar-refractivity contribution < 1.29 is 0 Å². The van der Waals surface area contributed by atoms with Crippen molar-refractivity contribution in [2.24, 2.45) is 11.7 Å². The van der Waals surface area contributed by atoms with E-state index in [2.05, 4.69) is 74.0 Å². The molecule has 142 valence electrons. The lowest BCUT2D eigenvalue weighted by atomic mass is 9.91. The molecular weight excluding hydrogens is 318 g/mol. The van der Waals surface area contributed by atoms with Gasteiger partial charge in [0.1, 0.15) is 0 Å². The highest BCUT2D eigenvalue weighted by Crippen LogP contribution is 2.30. The molecule has 3 nitrogen and oxygen atoms in total. The Labute approximate surface area is 159 Å². The average Bonchev–Trinajstić information content (AvgIpc) is 2.85. The van der Waals surface area contributed by atoms with Gasteiger partial charge < -0.3 is 5.73 Å². The van der Waals surface area contributed by atoms with E-state index in [4.69, 9.17) is 5.73 Å². The highest BCUT2D eigenvalue weighted by Gasteiger charge is 2.25. The molecule has 0 spiro atoms. The Morgan fingerprint density at radius 1 is 1.23 bits per heavy atom. The Hall–Kier alpha value is -1.71. The number of pyridine rings is 1. The second-order valence-corrected chi connectivity index (χ2v) is 7.35. The fourth-order valence-electron chi connectivity index (χ4n) is 3.78. The molecule has 0 fully saturated rings. The van der Waals surface area contributed by atoms with Crippen molar-refractivity contribution >= 4 is 0 Å². The number of aromatic nitrogens is 1. The predicted molar refractivity (Wildman–Crippen MR) is 112 cm³/mol. The Balaban J connectivity index is 2.31. The average molecular weight is 354 g/mol. The minimum Gasteiger partial charge on any atom is -0.330 e. The molecule has 2 rings (SSSR count). The molecule has 26 heavy (non-hydrogen) atoms. The first-order chi connectivity index (χ1) is 12.6. The molecule has 0 saturated carbocycles. The third-order valence-electron chi connectivity index (χ3n) is 5.55. The van der Waals surface area contributed by atoms with E-state index in [9.17, 15) is 0 Å². The summed E-state index contributed by atoms with van der Waals surface area (Å²) < 4.78 is 0. The van der Waals surface area contributed by atoms with Crippen LogP contribution in [0.5, 0.6) is 0 Å². The van der Waals surface area contributed by atoms with E-state index in [0.717, 1.165) is 38.0 Å². The summed E-state index contributed by atoms with van der Waals surface area (Å²) in [6, 6.07) is 6.94. The predicted octanol–water partition coefficient (Wildman–Crippen LogP) is 5.04. The summed E-state index contributed by atoms with van der Waals surface area (Å²) >= 11 is 0. The van der Waals surface area contributed by atoms with Crippen LogP contribution in [0.2, 0.25) is 0 Å². The summed E-state index contributed by atoms with van der Waals surface area (Å²) in [6.45, 7) is 10.9. The number of rotatable bonds is 9. The monoisotopic (exact) mass is 353 g/mol. The molecule has 3 unspecified atom stereocenters. The van der Waals surface area contributed by atoms with Gasteiger partial charge in [0.15, 0.2) is 0 Å². The Morgan fingerprint density at radius 3 is 2.69 bits per heavy atom. The van der Waals surface area contributed by atoms with Gasteiger partial charge in [0.05, 0.1) is 5.69 Å². The van der Waals surface area contributed by atoms with Crippen molar-refractivity contribution in [1.82, 2.24) is 9.88 Å². The molecule has 1 aromatic heterocycles. The highest BCUT2D eigenvalue weighted by molar-refractivity contribution is 5.34. The zero-order valence-corrected chi connectivity index (χ0v) is 16.9. The van der Waals surface area contributed by atoms with E-state index < -0.39 is 0 Å². The molecular formula is C23H35N3. The number of nitrogens with zero attached hydrogens (tertiary/aromatic N) is 2. The Morgan fingerprint density at radius 2 is 2.04 bits per heavy atom. The third kappa shape index (κ3) is 5.39. The number of hydrogen-bond donors (Lipinski definition) is 1. The zero-order valence-electron chi connectivity index (χ0n) is 16.9.